The van der Waals surface area contributed by atoms with Crippen LogP contribution in [0.25, 0.3) is 10.9 Å². The fourth-order valence-electron chi connectivity index (χ4n) is 3.96. The molecule has 0 atom stereocenters. The number of nitrogens with zero attached hydrogens (tertiary/aromatic N) is 2. The first-order valence-electron chi connectivity index (χ1n) is 9.91. The summed E-state index contributed by atoms with van der Waals surface area (Å²) in [5, 5.41) is 11.2. The second-order valence-corrected chi connectivity index (χ2v) is 8.03. The fourth-order valence-corrected chi connectivity index (χ4v) is 4.18. The van der Waals surface area contributed by atoms with Crippen molar-refractivity contribution in [3.63, 3.8) is 0 Å². The van der Waals surface area contributed by atoms with Gasteiger partial charge in [-0.05, 0) is 49.9 Å². The zero-order chi connectivity index (χ0) is 21.3. The van der Waals surface area contributed by atoms with Crippen LogP contribution >= 0.6 is 11.6 Å². The number of para-hydroxylation sites is 1. The number of hydrogen-bond donors (Lipinski definition) is 2. The van der Waals surface area contributed by atoms with Crippen molar-refractivity contribution in [2.45, 2.75) is 31.7 Å². The van der Waals surface area contributed by atoms with Gasteiger partial charge in [-0.3, -0.25) is 14.3 Å². The number of nitrogens with one attached hydrogen (secondary N) is 2. The van der Waals surface area contributed by atoms with Crippen molar-refractivity contribution < 1.29 is 14.0 Å². The number of amides is 2. The molecular formula is C22H22ClFN4O2. The van der Waals surface area contributed by atoms with Gasteiger partial charge in [0.05, 0.1) is 16.2 Å². The van der Waals surface area contributed by atoms with Gasteiger partial charge in [0, 0.05) is 24.4 Å². The lowest BCUT2D eigenvalue weighted by molar-refractivity contribution is -0.120. The summed E-state index contributed by atoms with van der Waals surface area (Å²) in [4.78, 5) is 25.3. The first kappa shape index (κ1) is 20.3. The van der Waals surface area contributed by atoms with E-state index in [0.717, 1.165) is 10.9 Å². The van der Waals surface area contributed by atoms with Crippen LogP contribution in [0, 0.1) is 11.7 Å². The van der Waals surface area contributed by atoms with Crippen molar-refractivity contribution >= 4 is 40.0 Å². The van der Waals surface area contributed by atoms with Crippen LogP contribution in [0.4, 0.5) is 10.1 Å². The monoisotopic (exact) mass is 428 g/mol. The van der Waals surface area contributed by atoms with Crippen LogP contribution in [0.3, 0.4) is 0 Å². The number of fused-ring (bicyclic) bond motifs is 1. The van der Waals surface area contributed by atoms with E-state index in [1.54, 1.807) is 4.68 Å². The summed E-state index contributed by atoms with van der Waals surface area (Å²) in [6.45, 7) is 0. The summed E-state index contributed by atoms with van der Waals surface area (Å²) < 4.78 is 14.9. The van der Waals surface area contributed by atoms with Gasteiger partial charge >= 0.3 is 0 Å². The van der Waals surface area contributed by atoms with Gasteiger partial charge in [-0.1, -0.05) is 29.8 Å². The molecule has 2 aromatic carbocycles. The SMILES string of the molecule is Cn1nc(C(=O)NC2CCC(C(=O)Nc3ccc(F)cc3Cl)CC2)c2ccccc21. The molecule has 30 heavy (non-hydrogen) atoms. The molecule has 1 aliphatic carbocycles. The largest absolute Gasteiger partial charge is 0.348 e. The molecule has 0 spiro atoms. The van der Waals surface area contributed by atoms with E-state index in [9.17, 15) is 14.0 Å². The van der Waals surface area contributed by atoms with Gasteiger partial charge < -0.3 is 10.6 Å². The maximum absolute atomic E-state index is 13.2. The van der Waals surface area contributed by atoms with Crippen LogP contribution in [0.5, 0.6) is 0 Å². The molecule has 1 saturated carbocycles. The Morgan fingerprint density at radius 3 is 2.60 bits per heavy atom. The molecule has 6 nitrogen and oxygen atoms in total. The van der Waals surface area contributed by atoms with Crippen molar-refractivity contribution in [1.82, 2.24) is 15.1 Å². The maximum Gasteiger partial charge on any atom is 0.272 e. The summed E-state index contributed by atoms with van der Waals surface area (Å²) >= 11 is 5.98. The molecular weight excluding hydrogens is 407 g/mol. The number of anilines is 1. The number of rotatable bonds is 4. The van der Waals surface area contributed by atoms with E-state index in [-0.39, 0.29) is 28.8 Å². The molecule has 0 unspecified atom stereocenters. The average Bonchev–Trinajstić information content (AvgIpc) is 3.08. The predicted molar refractivity (Wildman–Crippen MR) is 114 cm³/mol. The minimum atomic E-state index is -0.449. The summed E-state index contributed by atoms with van der Waals surface area (Å²) in [6, 6.07) is 11.5. The highest BCUT2D eigenvalue weighted by atomic mass is 35.5. The Kier molecular flexibility index (Phi) is 5.72. The normalized spacial score (nSPS) is 18.9. The van der Waals surface area contributed by atoms with Gasteiger partial charge in [0.1, 0.15) is 5.82 Å². The number of aryl methyl sites for hydroxylation is 1. The lowest BCUT2D eigenvalue weighted by atomic mass is 9.85. The molecule has 3 aromatic rings. The Morgan fingerprint density at radius 2 is 1.87 bits per heavy atom. The molecule has 0 saturated heterocycles. The third-order valence-electron chi connectivity index (χ3n) is 5.60. The molecule has 1 aromatic heterocycles. The first-order chi connectivity index (χ1) is 14.4. The van der Waals surface area contributed by atoms with Gasteiger partial charge in [-0.15, -0.1) is 0 Å². The number of hydrogen-bond acceptors (Lipinski definition) is 3. The maximum atomic E-state index is 13.2. The molecule has 1 fully saturated rings. The van der Waals surface area contributed by atoms with Crippen LogP contribution < -0.4 is 10.6 Å². The Bertz CT molecular complexity index is 1110. The Balaban J connectivity index is 1.34. The quantitative estimate of drug-likeness (QED) is 0.650. The van der Waals surface area contributed by atoms with E-state index in [1.165, 1.54) is 18.2 Å². The second kappa shape index (κ2) is 8.44. The second-order valence-electron chi connectivity index (χ2n) is 7.62. The lowest BCUT2D eigenvalue weighted by Crippen LogP contribution is -2.39. The summed E-state index contributed by atoms with van der Waals surface area (Å²) in [6.07, 6.45) is 2.70. The smallest absolute Gasteiger partial charge is 0.272 e. The zero-order valence-electron chi connectivity index (χ0n) is 16.5. The highest BCUT2D eigenvalue weighted by Crippen LogP contribution is 2.28. The predicted octanol–water partition coefficient (Wildman–Crippen LogP) is 4.29. The van der Waals surface area contributed by atoms with E-state index in [4.69, 9.17) is 11.6 Å². The number of carbonyl (C=O) groups is 2. The Morgan fingerprint density at radius 1 is 1.13 bits per heavy atom. The van der Waals surface area contributed by atoms with Gasteiger partial charge in [-0.25, -0.2) is 4.39 Å². The van der Waals surface area contributed by atoms with Gasteiger partial charge in [0.25, 0.3) is 5.91 Å². The van der Waals surface area contributed by atoms with E-state index in [2.05, 4.69) is 15.7 Å². The summed E-state index contributed by atoms with van der Waals surface area (Å²) in [5.74, 6) is -0.952. The summed E-state index contributed by atoms with van der Waals surface area (Å²) in [5.41, 5.74) is 1.72. The lowest BCUT2D eigenvalue weighted by Gasteiger charge is -2.28. The minimum absolute atomic E-state index is 0.00303. The molecule has 0 aliphatic heterocycles. The van der Waals surface area contributed by atoms with E-state index in [1.807, 2.05) is 31.3 Å². The van der Waals surface area contributed by atoms with Crippen molar-refractivity contribution in [2.24, 2.45) is 13.0 Å². The topological polar surface area (TPSA) is 76.0 Å². The van der Waals surface area contributed by atoms with Crippen LogP contribution in [0.15, 0.2) is 42.5 Å². The molecule has 0 radical (unpaired) electrons. The minimum Gasteiger partial charge on any atom is -0.348 e. The number of carbonyl (C=O) groups excluding carboxylic acids is 2. The van der Waals surface area contributed by atoms with E-state index in [0.29, 0.717) is 37.1 Å². The third kappa shape index (κ3) is 4.16. The standard InChI is InChI=1S/C22H22ClFN4O2/c1-28-19-5-3-2-4-16(19)20(27-28)22(30)25-15-9-6-13(7-10-15)21(29)26-18-11-8-14(24)12-17(18)23/h2-5,8,11-13,15H,6-7,9-10H2,1H3,(H,25,30)(H,26,29). The van der Waals surface area contributed by atoms with Gasteiger partial charge in [-0.2, -0.15) is 5.10 Å². The first-order valence-corrected chi connectivity index (χ1v) is 10.3. The highest BCUT2D eigenvalue weighted by Gasteiger charge is 2.28. The molecule has 1 heterocycles. The highest BCUT2D eigenvalue weighted by molar-refractivity contribution is 6.33. The van der Waals surface area contributed by atoms with E-state index < -0.39 is 5.82 Å². The molecule has 0 bridgehead atoms. The van der Waals surface area contributed by atoms with Crippen molar-refractivity contribution in [3.8, 4) is 0 Å². The Labute approximate surface area is 178 Å². The molecule has 2 amide bonds. The zero-order valence-corrected chi connectivity index (χ0v) is 17.2. The van der Waals surface area contributed by atoms with Gasteiger partial charge in [0.2, 0.25) is 5.91 Å². The molecule has 1 aliphatic rings. The third-order valence-corrected chi connectivity index (χ3v) is 5.91. The van der Waals surface area contributed by atoms with Crippen molar-refractivity contribution in [1.29, 1.82) is 0 Å². The van der Waals surface area contributed by atoms with E-state index >= 15 is 0 Å². The average molecular weight is 429 g/mol. The molecule has 156 valence electrons. The number of halogens is 2. The summed E-state index contributed by atoms with van der Waals surface area (Å²) in [7, 11) is 1.82. The van der Waals surface area contributed by atoms with Crippen molar-refractivity contribution in [3.05, 3.63) is 59.0 Å². The van der Waals surface area contributed by atoms with Crippen molar-refractivity contribution in [2.75, 3.05) is 5.32 Å². The van der Waals surface area contributed by atoms with Crippen LogP contribution in [0.1, 0.15) is 36.2 Å². The number of aromatic nitrogens is 2. The van der Waals surface area contributed by atoms with Gasteiger partial charge in [0.15, 0.2) is 5.69 Å². The van der Waals surface area contributed by atoms with Crippen LogP contribution in [-0.4, -0.2) is 27.6 Å². The van der Waals surface area contributed by atoms with Crippen LogP contribution in [0.2, 0.25) is 5.02 Å². The molecule has 4 rings (SSSR count). The van der Waals surface area contributed by atoms with Crippen LogP contribution in [-0.2, 0) is 11.8 Å². The number of benzene rings is 2. The Hall–Kier alpha value is -2.93. The molecule has 2 N–H and O–H groups in total. The fraction of sp³-hybridized carbons (Fsp3) is 0.318. The molecule has 8 heteroatoms.